The number of thiophene rings is 1. The fourth-order valence-electron chi connectivity index (χ4n) is 3.69. The van der Waals surface area contributed by atoms with Crippen LogP contribution < -0.4 is 0 Å². The van der Waals surface area contributed by atoms with Crippen LogP contribution in [0.1, 0.15) is 35.8 Å². The molecule has 0 amide bonds. The summed E-state index contributed by atoms with van der Waals surface area (Å²) in [7, 11) is 0. The van der Waals surface area contributed by atoms with Gasteiger partial charge >= 0.3 is 11.9 Å². The molecule has 0 fully saturated rings. The highest BCUT2D eigenvalue weighted by Crippen LogP contribution is 2.30. The van der Waals surface area contributed by atoms with Gasteiger partial charge in [-0.2, -0.15) is 0 Å². The van der Waals surface area contributed by atoms with Crippen molar-refractivity contribution in [1.29, 1.82) is 0 Å². The molecule has 1 aliphatic carbocycles. The Labute approximate surface area is 181 Å². The van der Waals surface area contributed by atoms with Crippen molar-refractivity contribution in [3.05, 3.63) is 63.9 Å². The topological polar surface area (TPSA) is 98.1 Å². The summed E-state index contributed by atoms with van der Waals surface area (Å²) in [4.78, 5) is 23.2. The maximum Gasteiger partial charge on any atom is 0.328 e. The lowest BCUT2D eigenvalue weighted by molar-refractivity contribution is -0.134. The summed E-state index contributed by atoms with van der Waals surface area (Å²) in [6, 6.07) is 11.0. The smallest absolute Gasteiger partial charge is 0.328 e. The lowest BCUT2D eigenvalue weighted by Crippen LogP contribution is -2.41. The van der Waals surface area contributed by atoms with Gasteiger partial charge in [-0.05, 0) is 67.3 Å². The number of carbonyl (C=O) groups is 2. The Morgan fingerprint density at radius 3 is 2.47 bits per heavy atom. The number of benzene rings is 1. The van der Waals surface area contributed by atoms with E-state index in [1.165, 1.54) is 29.0 Å². The molecule has 1 atom stereocenters. The fourth-order valence-corrected chi connectivity index (χ4v) is 4.39. The molecule has 0 saturated heterocycles. The Kier molecular flexibility index (Phi) is 9.57. The molecule has 3 N–H and O–H groups in total. The van der Waals surface area contributed by atoms with Crippen molar-refractivity contribution in [2.24, 2.45) is 0 Å². The Morgan fingerprint density at radius 2 is 1.87 bits per heavy atom. The summed E-state index contributed by atoms with van der Waals surface area (Å²) < 4.78 is 0. The number of hydrogen-bond donors (Lipinski definition) is 3. The van der Waals surface area contributed by atoms with Crippen LogP contribution in [0.2, 0.25) is 0 Å². The minimum absolute atomic E-state index is 0.483. The summed E-state index contributed by atoms with van der Waals surface area (Å²) in [6.07, 6.45) is 6.72. The van der Waals surface area contributed by atoms with Crippen LogP contribution in [0.3, 0.4) is 0 Å². The maximum absolute atomic E-state index is 10.0. The molecule has 0 bridgehead atoms. The molecule has 0 aliphatic heterocycles. The van der Waals surface area contributed by atoms with Gasteiger partial charge in [-0.1, -0.05) is 25.1 Å². The maximum atomic E-state index is 10.0. The molecule has 1 aliphatic rings. The van der Waals surface area contributed by atoms with E-state index >= 15 is 0 Å². The van der Waals surface area contributed by atoms with E-state index in [1.54, 1.807) is 0 Å². The number of phenols is 1. The van der Waals surface area contributed by atoms with Gasteiger partial charge in [0.2, 0.25) is 0 Å². The number of fused-ring (bicyclic) bond motifs is 1. The van der Waals surface area contributed by atoms with E-state index in [1.807, 2.05) is 23.5 Å². The standard InChI is InChI=1S/C19H25NOS.C4H4O4/c1-2-11-20(12-10-17-6-4-13-22-17)16-8-9-18-15(14-16)5-3-7-19(18)21;5-3(6)1-2-4(7)8/h3-7,13,16,21H,2,8-12,14H2,1H3;1-2H,(H,5,6)(H,7,8)/b;2-1-/t16-;/m0./s1. The van der Waals surface area contributed by atoms with E-state index < -0.39 is 11.9 Å². The van der Waals surface area contributed by atoms with Gasteiger partial charge in [-0.3, -0.25) is 4.90 Å². The summed E-state index contributed by atoms with van der Waals surface area (Å²) in [6.45, 7) is 4.58. The van der Waals surface area contributed by atoms with E-state index in [2.05, 4.69) is 35.4 Å². The first-order valence-corrected chi connectivity index (χ1v) is 11.0. The average molecular weight is 432 g/mol. The molecular formula is C23H29NO5S. The van der Waals surface area contributed by atoms with E-state index in [0.717, 1.165) is 32.2 Å². The SMILES string of the molecule is CCCN(CCc1cccs1)[C@H]1CCc2c(O)cccc2C1.O=C(O)/C=C\C(=O)O. The van der Waals surface area contributed by atoms with E-state index in [0.29, 0.717) is 23.9 Å². The van der Waals surface area contributed by atoms with Gasteiger partial charge in [0.25, 0.3) is 0 Å². The zero-order valence-electron chi connectivity index (χ0n) is 17.2. The molecule has 0 radical (unpaired) electrons. The molecule has 6 nitrogen and oxygen atoms in total. The molecule has 162 valence electrons. The molecule has 1 aromatic carbocycles. The molecular weight excluding hydrogens is 402 g/mol. The Morgan fingerprint density at radius 1 is 1.13 bits per heavy atom. The van der Waals surface area contributed by atoms with Crippen LogP contribution >= 0.6 is 11.3 Å². The minimum Gasteiger partial charge on any atom is -0.508 e. The summed E-state index contributed by atoms with van der Waals surface area (Å²) in [5, 5.41) is 27.8. The predicted molar refractivity (Wildman–Crippen MR) is 118 cm³/mol. The summed E-state index contributed by atoms with van der Waals surface area (Å²) in [5.41, 5.74) is 2.52. The van der Waals surface area contributed by atoms with E-state index in [-0.39, 0.29) is 0 Å². The second-order valence-corrected chi connectivity index (χ2v) is 8.22. The highest BCUT2D eigenvalue weighted by molar-refractivity contribution is 7.09. The predicted octanol–water partition coefficient (Wildman–Crippen LogP) is 3.98. The Hall–Kier alpha value is -2.64. The van der Waals surface area contributed by atoms with Crippen molar-refractivity contribution in [3.63, 3.8) is 0 Å². The molecule has 0 unspecified atom stereocenters. The molecule has 0 spiro atoms. The number of carboxylic acid groups (broad SMARTS) is 2. The fraction of sp³-hybridized carbons (Fsp3) is 0.391. The third-order valence-corrected chi connectivity index (χ3v) is 5.99. The van der Waals surface area contributed by atoms with E-state index in [9.17, 15) is 14.7 Å². The van der Waals surface area contributed by atoms with Gasteiger partial charge in [0.1, 0.15) is 5.75 Å². The van der Waals surface area contributed by atoms with Crippen LogP contribution in [-0.2, 0) is 28.9 Å². The molecule has 1 heterocycles. The second-order valence-electron chi connectivity index (χ2n) is 7.19. The number of aromatic hydroxyl groups is 1. The van der Waals surface area contributed by atoms with Gasteiger partial charge in [0.15, 0.2) is 0 Å². The molecule has 3 rings (SSSR count). The minimum atomic E-state index is -1.26. The lowest BCUT2D eigenvalue weighted by atomic mass is 9.86. The Bertz CT molecular complexity index is 831. The number of phenolic OH excluding ortho intramolecular Hbond substituents is 1. The number of rotatable bonds is 8. The van der Waals surface area contributed by atoms with Crippen molar-refractivity contribution in [3.8, 4) is 5.75 Å². The summed E-state index contributed by atoms with van der Waals surface area (Å²) in [5.74, 6) is -2.03. The second kappa shape index (κ2) is 12.1. The van der Waals surface area contributed by atoms with Crippen LogP contribution in [0.4, 0.5) is 0 Å². The van der Waals surface area contributed by atoms with Crippen LogP contribution in [0.5, 0.6) is 5.75 Å². The highest BCUT2D eigenvalue weighted by Gasteiger charge is 2.25. The largest absolute Gasteiger partial charge is 0.508 e. The quantitative estimate of drug-likeness (QED) is 0.547. The van der Waals surface area contributed by atoms with Crippen LogP contribution in [0, 0.1) is 0 Å². The number of carboxylic acids is 2. The lowest BCUT2D eigenvalue weighted by Gasteiger charge is -2.35. The first kappa shape index (κ1) is 23.6. The van der Waals surface area contributed by atoms with Gasteiger partial charge < -0.3 is 15.3 Å². The van der Waals surface area contributed by atoms with Crippen molar-refractivity contribution in [2.75, 3.05) is 13.1 Å². The van der Waals surface area contributed by atoms with Gasteiger partial charge in [-0.15, -0.1) is 11.3 Å². The third kappa shape index (κ3) is 7.65. The number of aliphatic carboxylic acids is 2. The Balaban J connectivity index is 0.000000343. The van der Waals surface area contributed by atoms with Crippen molar-refractivity contribution in [1.82, 2.24) is 4.90 Å². The van der Waals surface area contributed by atoms with Crippen LogP contribution in [0.25, 0.3) is 0 Å². The number of hydrogen-bond acceptors (Lipinski definition) is 5. The van der Waals surface area contributed by atoms with Gasteiger partial charge in [0.05, 0.1) is 0 Å². The molecule has 30 heavy (non-hydrogen) atoms. The monoisotopic (exact) mass is 431 g/mol. The van der Waals surface area contributed by atoms with Gasteiger partial charge in [0, 0.05) is 29.6 Å². The first-order valence-electron chi connectivity index (χ1n) is 10.1. The average Bonchev–Trinajstić information content (AvgIpc) is 3.23. The van der Waals surface area contributed by atoms with Crippen molar-refractivity contribution in [2.45, 2.75) is 45.1 Å². The first-order chi connectivity index (χ1) is 14.4. The van der Waals surface area contributed by atoms with E-state index in [4.69, 9.17) is 10.2 Å². The normalized spacial score (nSPS) is 15.5. The number of nitrogens with zero attached hydrogens (tertiary/aromatic N) is 1. The molecule has 1 aromatic heterocycles. The van der Waals surface area contributed by atoms with Gasteiger partial charge in [-0.25, -0.2) is 9.59 Å². The third-order valence-electron chi connectivity index (χ3n) is 5.05. The van der Waals surface area contributed by atoms with Crippen molar-refractivity contribution < 1.29 is 24.9 Å². The van der Waals surface area contributed by atoms with Crippen LogP contribution in [-0.4, -0.2) is 51.3 Å². The molecule has 2 aromatic rings. The zero-order chi connectivity index (χ0) is 21.9. The highest BCUT2D eigenvalue weighted by atomic mass is 32.1. The molecule has 0 saturated carbocycles. The van der Waals surface area contributed by atoms with Crippen LogP contribution in [0.15, 0.2) is 47.9 Å². The zero-order valence-corrected chi connectivity index (χ0v) is 18.0. The van der Waals surface area contributed by atoms with Crippen molar-refractivity contribution >= 4 is 23.3 Å². The summed E-state index contributed by atoms with van der Waals surface area (Å²) >= 11 is 1.86. The molecule has 7 heteroatoms.